The molecule has 0 saturated heterocycles. The maximum Gasteiger partial charge on any atom is 0.307 e. The second-order valence-electron chi connectivity index (χ2n) is 6.95. The van der Waals surface area contributed by atoms with Gasteiger partial charge in [0, 0.05) is 28.8 Å². The highest BCUT2D eigenvalue weighted by atomic mass is 16.5. The Hall–Kier alpha value is -3.19. The number of carbonyl (C=O) groups is 3. The number of hydrogen-bond acceptors (Lipinski definition) is 7. The van der Waals surface area contributed by atoms with Crippen molar-refractivity contribution in [3.8, 4) is 11.5 Å². The van der Waals surface area contributed by atoms with E-state index in [1.165, 1.54) is 12.1 Å². The molecule has 7 nitrogen and oxygen atoms in total. The van der Waals surface area contributed by atoms with E-state index < -0.39 is 29.4 Å². The first kappa shape index (κ1) is 18.2. The molecular weight excluding hydrogens is 362 g/mol. The van der Waals surface area contributed by atoms with Gasteiger partial charge in [-0.2, -0.15) is 0 Å². The monoisotopic (exact) mass is 381 g/mol. The fourth-order valence-corrected chi connectivity index (χ4v) is 4.05. The van der Waals surface area contributed by atoms with Gasteiger partial charge in [0.15, 0.2) is 11.6 Å². The third kappa shape index (κ3) is 2.58. The predicted octanol–water partition coefficient (Wildman–Crippen LogP) is 2.14. The lowest BCUT2D eigenvalue weighted by Crippen LogP contribution is -2.25. The number of fused-ring (bicyclic) bond motifs is 3. The van der Waals surface area contributed by atoms with Gasteiger partial charge in [0.1, 0.15) is 17.6 Å². The summed E-state index contributed by atoms with van der Waals surface area (Å²) in [5.74, 6) is -2.30. The second kappa shape index (κ2) is 6.76. The Morgan fingerprint density at radius 3 is 2.29 bits per heavy atom. The maximum atomic E-state index is 13.0. The van der Waals surface area contributed by atoms with Gasteiger partial charge in [-0.15, -0.1) is 0 Å². The highest BCUT2D eigenvalue weighted by molar-refractivity contribution is 6.30. The number of ketones is 2. The summed E-state index contributed by atoms with van der Waals surface area (Å²) in [6.07, 6.45) is 0.648. The molecule has 0 bridgehead atoms. The van der Waals surface area contributed by atoms with Gasteiger partial charge in [-0.05, 0) is 19.3 Å². The Morgan fingerprint density at radius 2 is 1.68 bits per heavy atom. The van der Waals surface area contributed by atoms with Gasteiger partial charge < -0.3 is 20.7 Å². The smallest absolute Gasteiger partial charge is 0.307 e. The van der Waals surface area contributed by atoms with E-state index >= 15 is 0 Å². The summed E-state index contributed by atoms with van der Waals surface area (Å²) in [7, 11) is 0. The quantitative estimate of drug-likeness (QED) is 0.468. The Balaban J connectivity index is 1.91. The van der Waals surface area contributed by atoms with Crippen molar-refractivity contribution < 1.29 is 29.3 Å². The molecule has 1 atom stereocenters. The molecule has 0 heterocycles. The number of carbonyl (C=O) groups excluding carboxylic acids is 3. The first-order valence-corrected chi connectivity index (χ1v) is 9.14. The zero-order chi connectivity index (χ0) is 20.0. The minimum Gasteiger partial charge on any atom is -0.507 e. The number of phenolic OH excluding ortho intramolecular Hbond substituents is 2. The summed E-state index contributed by atoms with van der Waals surface area (Å²) in [5, 5.41) is 21.8. The van der Waals surface area contributed by atoms with Crippen LogP contribution in [0.3, 0.4) is 0 Å². The van der Waals surface area contributed by atoms with E-state index in [-0.39, 0.29) is 46.5 Å². The molecule has 4 N–H and O–H groups in total. The van der Waals surface area contributed by atoms with Crippen molar-refractivity contribution in [1.82, 2.24) is 0 Å². The van der Waals surface area contributed by atoms with E-state index in [1.54, 1.807) is 12.1 Å². The third-order valence-corrected chi connectivity index (χ3v) is 5.30. The molecule has 0 radical (unpaired) electrons. The molecule has 0 unspecified atom stereocenters. The normalized spacial score (nSPS) is 17.5. The van der Waals surface area contributed by atoms with E-state index in [1.807, 2.05) is 0 Å². The van der Waals surface area contributed by atoms with E-state index in [9.17, 15) is 24.6 Å². The molecule has 0 saturated carbocycles. The number of phenols is 2. The summed E-state index contributed by atoms with van der Waals surface area (Å²) in [4.78, 5) is 37.8. The summed E-state index contributed by atoms with van der Waals surface area (Å²) in [6, 6.07) is 6.29. The number of esters is 1. The lowest BCUT2D eigenvalue weighted by atomic mass is 9.77. The van der Waals surface area contributed by atoms with Gasteiger partial charge in [0.25, 0.3) is 0 Å². The number of rotatable bonds is 3. The van der Waals surface area contributed by atoms with Gasteiger partial charge >= 0.3 is 5.97 Å². The van der Waals surface area contributed by atoms with Crippen LogP contribution in [0.2, 0.25) is 0 Å². The molecule has 0 amide bonds. The molecule has 7 heteroatoms. The predicted molar refractivity (Wildman–Crippen MR) is 98.5 cm³/mol. The molecule has 0 spiro atoms. The average Bonchev–Trinajstić information content (AvgIpc) is 2.69. The number of benzene rings is 2. The number of nitrogens with two attached hydrogens (primary N) is 1. The summed E-state index contributed by atoms with van der Waals surface area (Å²) < 4.78 is 5.43. The summed E-state index contributed by atoms with van der Waals surface area (Å²) in [6.45, 7) is 0.129. The van der Waals surface area contributed by atoms with Gasteiger partial charge in [0.05, 0.1) is 17.5 Å². The molecule has 144 valence electrons. The second-order valence-corrected chi connectivity index (χ2v) is 6.95. The Kier molecular flexibility index (Phi) is 4.39. The van der Waals surface area contributed by atoms with Crippen LogP contribution < -0.4 is 5.73 Å². The van der Waals surface area contributed by atoms with Gasteiger partial charge in [-0.25, -0.2) is 0 Å². The van der Waals surface area contributed by atoms with Crippen molar-refractivity contribution in [2.45, 2.75) is 31.8 Å². The van der Waals surface area contributed by atoms with Crippen molar-refractivity contribution >= 4 is 17.5 Å². The van der Waals surface area contributed by atoms with Crippen molar-refractivity contribution in [3.63, 3.8) is 0 Å². The minimum absolute atomic E-state index is 0.0221. The van der Waals surface area contributed by atoms with Gasteiger partial charge in [0.2, 0.25) is 0 Å². The standard InChI is InChI=1S/C21H19NO6/c22-9-8-14(23)28-13-7-3-6-12-15(13)21(27)17-16(20(12)26)18(24)10-4-1-2-5-11(10)19(17)25/h1-2,4-5,13,26-27H,3,6-9,22H2/t13-/m1/s1. The molecule has 28 heavy (non-hydrogen) atoms. The van der Waals surface area contributed by atoms with Crippen LogP contribution in [0.25, 0.3) is 0 Å². The summed E-state index contributed by atoms with van der Waals surface area (Å²) in [5.41, 5.74) is 5.86. The van der Waals surface area contributed by atoms with E-state index in [4.69, 9.17) is 10.5 Å². The topological polar surface area (TPSA) is 127 Å². The Bertz CT molecular complexity index is 1030. The van der Waals surface area contributed by atoms with E-state index in [2.05, 4.69) is 0 Å². The van der Waals surface area contributed by atoms with Crippen LogP contribution in [0.1, 0.15) is 68.3 Å². The minimum atomic E-state index is -0.806. The fourth-order valence-electron chi connectivity index (χ4n) is 4.05. The van der Waals surface area contributed by atoms with Crippen LogP contribution in [-0.2, 0) is 16.0 Å². The number of aromatic hydroxyl groups is 2. The van der Waals surface area contributed by atoms with Crippen LogP contribution in [0.5, 0.6) is 11.5 Å². The first-order valence-electron chi connectivity index (χ1n) is 9.14. The van der Waals surface area contributed by atoms with Gasteiger partial charge in [-0.3, -0.25) is 14.4 Å². The van der Waals surface area contributed by atoms with Gasteiger partial charge in [-0.1, -0.05) is 24.3 Å². The molecule has 2 aromatic carbocycles. The molecule has 0 fully saturated rings. The summed E-state index contributed by atoms with van der Waals surface area (Å²) >= 11 is 0. The molecule has 4 rings (SSSR count). The molecule has 0 aliphatic heterocycles. The molecule has 2 aromatic rings. The highest BCUT2D eigenvalue weighted by Gasteiger charge is 2.40. The Morgan fingerprint density at radius 1 is 1.07 bits per heavy atom. The zero-order valence-electron chi connectivity index (χ0n) is 15.0. The molecule has 0 aromatic heterocycles. The number of hydrogen-bond donors (Lipinski definition) is 3. The third-order valence-electron chi connectivity index (χ3n) is 5.30. The SMILES string of the molecule is NCCC(=O)O[C@@H]1CCCc2c(O)c3c(c(O)c21)C(=O)c1ccccc1C3=O. The van der Waals surface area contributed by atoms with Crippen molar-refractivity contribution in [1.29, 1.82) is 0 Å². The van der Waals surface area contributed by atoms with Crippen LogP contribution in [0.15, 0.2) is 24.3 Å². The van der Waals surface area contributed by atoms with Crippen molar-refractivity contribution in [3.05, 3.63) is 57.6 Å². The first-order chi connectivity index (χ1) is 13.5. The lowest BCUT2D eigenvalue weighted by molar-refractivity contribution is -0.150. The average molecular weight is 381 g/mol. The van der Waals surface area contributed by atoms with Crippen LogP contribution >= 0.6 is 0 Å². The molecular formula is C21H19NO6. The lowest BCUT2D eigenvalue weighted by Gasteiger charge is -2.30. The molecule has 2 aliphatic rings. The number of ether oxygens (including phenoxy) is 1. The van der Waals surface area contributed by atoms with E-state index in [0.29, 0.717) is 24.8 Å². The van der Waals surface area contributed by atoms with Crippen LogP contribution in [0, 0.1) is 0 Å². The van der Waals surface area contributed by atoms with Crippen LogP contribution in [0.4, 0.5) is 0 Å². The van der Waals surface area contributed by atoms with Crippen molar-refractivity contribution in [2.75, 3.05) is 6.54 Å². The largest absolute Gasteiger partial charge is 0.507 e. The zero-order valence-corrected chi connectivity index (χ0v) is 15.0. The van der Waals surface area contributed by atoms with Crippen molar-refractivity contribution in [2.24, 2.45) is 5.73 Å². The molecule has 2 aliphatic carbocycles. The Labute approximate surface area is 160 Å². The van der Waals surface area contributed by atoms with E-state index in [0.717, 1.165) is 0 Å². The van der Waals surface area contributed by atoms with Crippen LogP contribution in [-0.4, -0.2) is 34.3 Å². The fraction of sp³-hybridized carbons (Fsp3) is 0.286. The highest BCUT2D eigenvalue weighted by Crippen LogP contribution is 2.49. The maximum absolute atomic E-state index is 13.0.